The van der Waals surface area contributed by atoms with Gasteiger partial charge in [-0.3, -0.25) is 0 Å². The van der Waals surface area contributed by atoms with E-state index < -0.39 is 0 Å². The summed E-state index contributed by atoms with van der Waals surface area (Å²) in [5.41, 5.74) is 2.31. The van der Waals surface area contributed by atoms with Crippen molar-refractivity contribution in [3.8, 4) is 5.75 Å². The lowest BCUT2D eigenvalue weighted by Gasteiger charge is -2.15. The fourth-order valence-electron chi connectivity index (χ4n) is 2.79. The van der Waals surface area contributed by atoms with Crippen molar-refractivity contribution in [3.63, 3.8) is 0 Å². The number of nitrogens with zero attached hydrogens (tertiary/aromatic N) is 2. The van der Waals surface area contributed by atoms with Crippen LogP contribution in [0.15, 0.2) is 54.6 Å². The van der Waals surface area contributed by atoms with E-state index in [9.17, 15) is 4.39 Å². The Bertz CT molecular complexity index is 930. The Morgan fingerprint density at radius 1 is 1.04 bits per heavy atom. The summed E-state index contributed by atoms with van der Waals surface area (Å²) in [6.07, 6.45) is 0.640. The van der Waals surface area contributed by atoms with Crippen LogP contribution in [0, 0.1) is 12.7 Å². The number of hydrogen-bond acceptors (Lipinski definition) is 5. The van der Waals surface area contributed by atoms with Gasteiger partial charge in [-0.1, -0.05) is 30.3 Å². The number of nitrogens with one attached hydrogen (secondary N) is 2. The standard InChI is InChI=1S/C22H25FN4O/c1-15(2)28-20-11-7-6-10-19(20)26-22-25-16(3)14-21(27-22)24-13-12-17-8-4-5-9-18(17)23/h4-11,14-15H,12-13H2,1-3H3,(H2,24,25,26,27). The maximum atomic E-state index is 13.7. The Kier molecular flexibility index (Phi) is 6.42. The lowest BCUT2D eigenvalue weighted by molar-refractivity contribution is 0.244. The summed E-state index contributed by atoms with van der Waals surface area (Å²) < 4.78 is 19.6. The quantitative estimate of drug-likeness (QED) is 0.569. The number of aromatic nitrogens is 2. The summed E-state index contributed by atoms with van der Waals surface area (Å²) in [6.45, 7) is 6.45. The van der Waals surface area contributed by atoms with Crippen LogP contribution in [0.25, 0.3) is 0 Å². The maximum Gasteiger partial charge on any atom is 0.229 e. The molecule has 3 aromatic rings. The van der Waals surface area contributed by atoms with Gasteiger partial charge in [0.1, 0.15) is 17.4 Å². The maximum absolute atomic E-state index is 13.7. The van der Waals surface area contributed by atoms with Crippen LogP contribution in [0.3, 0.4) is 0 Å². The molecule has 1 heterocycles. The van der Waals surface area contributed by atoms with E-state index in [1.807, 2.05) is 57.2 Å². The fraction of sp³-hybridized carbons (Fsp3) is 0.273. The van der Waals surface area contributed by atoms with Crippen LogP contribution in [0.2, 0.25) is 0 Å². The lowest BCUT2D eigenvalue weighted by Crippen LogP contribution is -2.10. The van der Waals surface area contributed by atoms with Crippen molar-refractivity contribution >= 4 is 17.5 Å². The van der Waals surface area contributed by atoms with E-state index in [4.69, 9.17) is 4.74 Å². The topological polar surface area (TPSA) is 59.1 Å². The SMILES string of the molecule is Cc1cc(NCCc2ccccc2F)nc(Nc2ccccc2OC(C)C)n1. The number of aryl methyl sites for hydroxylation is 1. The van der Waals surface area contributed by atoms with E-state index in [1.165, 1.54) is 6.07 Å². The van der Waals surface area contributed by atoms with Crippen molar-refractivity contribution in [1.82, 2.24) is 9.97 Å². The Balaban J connectivity index is 1.69. The van der Waals surface area contributed by atoms with Gasteiger partial charge in [-0.2, -0.15) is 4.98 Å². The van der Waals surface area contributed by atoms with Crippen molar-refractivity contribution < 1.29 is 9.13 Å². The first-order chi connectivity index (χ1) is 13.5. The molecule has 6 heteroatoms. The molecular formula is C22H25FN4O. The largest absolute Gasteiger partial charge is 0.489 e. The van der Waals surface area contributed by atoms with Gasteiger partial charge in [-0.15, -0.1) is 0 Å². The van der Waals surface area contributed by atoms with Crippen LogP contribution in [0.5, 0.6) is 5.75 Å². The van der Waals surface area contributed by atoms with Crippen LogP contribution in [-0.4, -0.2) is 22.6 Å². The molecule has 0 atom stereocenters. The molecule has 28 heavy (non-hydrogen) atoms. The molecule has 2 aromatic carbocycles. The van der Waals surface area contributed by atoms with Gasteiger partial charge in [0.2, 0.25) is 5.95 Å². The third kappa shape index (κ3) is 5.42. The average molecular weight is 380 g/mol. The van der Waals surface area contributed by atoms with Crippen LogP contribution in [0.4, 0.5) is 21.8 Å². The predicted octanol–water partition coefficient (Wildman–Crippen LogP) is 5.11. The second-order valence-electron chi connectivity index (χ2n) is 6.77. The Labute approximate surface area is 165 Å². The molecule has 0 aliphatic carbocycles. The first kappa shape index (κ1) is 19.6. The van der Waals surface area contributed by atoms with Crippen molar-refractivity contribution in [2.45, 2.75) is 33.3 Å². The minimum absolute atomic E-state index is 0.0667. The second kappa shape index (κ2) is 9.17. The fourth-order valence-corrected chi connectivity index (χ4v) is 2.79. The number of benzene rings is 2. The summed E-state index contributed by atoms with van der Waals surface area (Å²) in [5.74, 6) is 1.73. The zero-order valence-electron chi connectivity index (χ0n) is 16.4. The summed E-state index contributed by atoms with van der Waals surface area (Å²) in [5, 5.41) is 6.47. The van der Waals surface area contributed by atoms with Gasteiger partial charge in [0.25, 0.3) is 0 Å². The first-order valence-corrected chi connectivity index (χ1v) is 9.37. The summed E-state index contributed by atoms with van der Waals surface area (Å²) in [6, 6.07) is 16.4. The number of para-hydroxylation sites is 2. The van der Waals surface area contributed by atoms with Crippen molar-refractivity contribution in [1.29, 1.82) is 0 Å². The molecular weight excluding hydrogens is 355 g/mol. The van der Waals surface area contributed by atoms with Gasteiger partial charge in [-0.25, -0.2) is 9.37 Å². The minimum Gasteiger partial charge on any atom is -0.489 e. The van der Waals surface area contributed by atoms with E-state index in [2.05, 4.69) is 20.6 Å². The molecule has 0 saturated heterocycles. The molecule has 5 nitrogen and oxygen atoms in total. The highest BCUT2D eigenvalue weighted by Gasteiger charge is 2.09. The molecule has 0 spiro atoms. The number of ether oxygens (including phenoxy) is 1. The van der Waals surface area contributed by atoms with Gasteiger partial charge in [0.15, 0.2) is 0 Å². The van der Waals surface area contributed by atoms with Gasteiger partial charge in [0.05, 0.1) is 11.8 Å². The highest BCUT2D eigenvalue weighted by atomic mass is 19.1. The van der Waals surface area contributed by atoms with E-state index in [1.54, 1.807) is 12.1 Å². The van der Waals surface area contributed by atoms with Crippen LogP contribution >= 0.6 is 0 Å². The number of rotatable bonds is 8. The van der Waals surface area contributed by atoms with E-state index in [-0.39, 0.29) is 11.9 Å². The van der Waals surface area contributed by atoms with Gasteiger partial charge >= 0.3 is 0 Å². The molecule has 3 rings (SSSR count). The van der Waals surface area contributed by atoms with E-state index in [0.29, 0.717) is 30.3 Å². The zero-order valence-corrected chi connectivity index (χ0v) is 16.4. The van der Waals surface area contributed by atoms with E-state index in [0.717, 1.165) is 17.1 Å². The third-order valence-electron chi connectivity index (χ3n) is 4.01. The average Bonchev–Trinajstić information content (AvgIpc) is 2.64. The molecule has 0 aliphatic heterocycles. The Morgan fingerprint density at radius 3 is 2.57 bits per heavy atom. The normalized spacial score (nSPS) is 10.8. The summed E-state index contributed by atoms with van der Waals surface area (Å²) in [7, 11) is 0. The van der Waals surface area contributed by atoms with E-state index >= 15 is 0 Å². The summed E-state index contributed by atoms with van der Waals surface area (Å²) >= 11 is 0. The predicted molar refractivity (Wildman–Crippen MR) is 111 cm³/mol. The Hall–Kier alpha value is -3.15. The van der Waals surface area contributed by atoms with Crippen molar-refractivity contribution in [2.75, 3.05) is 17.2 Å². The highest BCUT2D eigenvalue weighted by Crippen LogP contribution is 2.27. The molecule has 0 radical (unpaired) electrons. The number of hydrogen-bond donors (Lipinski definition) is 2. The van der Waals surface area contributed by atoms with Crippen LogP contribution in [-0.2, 0) is 6.42 Å². The molecule has 0 fully saturated rings. The second-order valence-corrected chi connectivity index (χ2v) is 6.77. The summed E-state index contributed by atoms with van der Waals surface area (Å²) in [4.78, 5) is 8.97. The smallest absolute Gasteiger partial charge is 0.229 e. The molecule has 146 valence electrons. The lowest BCUT2D eigenvalue weighted by atomic mass is 10.1. The molecule has 1 aromatic heterocycles. The molecule has 0 aliphatic rings. The molecule has 0 saturated carbocycles. The minimum atomic E-state index is -0.188. The Morgan fingerprint density at radius 2 is 1.79 bits per heavy atom. The number of anilines is 3. The van der Waals surface area contributed by atoms with Crippen molar-refractivity contribution in [2.24, 2.45) is 0 Å². The highest BCUT2D eigenvalue weighted by molar-refractivity contribution is 5.63. The van der Waals surface area contributed by atoms with Gasteiger partial charge < -0.3 is 15.4 Å². The number of halogens is 1. The molecule has 0 amide bonds. The molecule has 2 N–H and O–H groups in total. The molecule has 0 bridgehead atoms. The van der Waals surface area contributed by atoms with Gasteiger partial charge in [0, 0.05) is 18.3 Å². The molecule has 0 unspecified atom stereocenters. The zero-order chi connectivity index (χ0) is 19.9. The van der Waals surface area contributed by atoms with Crippen LogP contribution < -0.4 is 15.4 Å². The first-order valence-electron chi connectivity index (χ1n) is 9.37. The van der Waals surface area contributed by atoms with Crippen LogP contribution in [0.1, 0.15) is 25.1 Å². The third-order valence-corrected chi connectivity index (χ3v) is 4.01. The van der Waals surface area contributed by atoms with Crippen molar-refractivity contribution in [3.05, 3.63) is 71.7 Å². The monoisotopic (exact) mass is 380 g/mol. The van der Waals surface area contributed by atoms with Gasteiger partial charge in [-0.05, 0) is 51.0 Å².